The molecular weight excluding hydrogens is 312 g/mol. The molecule has 0 aliphatic carbocycles. The van der Waals surface area contributed by atoms with Crippen LogP contribution in [0.1, 0.15) is 37.0 Å². The number of carboxylic acids is 1. The van der Waals surface area contributed by atoms with E-state index < -0.39 is 5.97 Å². The fraction of sp³-hybridized carbons (Fsp3) is 0.500. The Labute approximate surface area is 120 Å². The average Bonchev–Trinajstić information content (AvgIpc) is 2.67. The van der Waals surface area contributed by atoms with Crippen molar-refractivity contribution in [3.05, 3.63) is 28.2 Å². The molecule has 1 unspecified atom stereocenters. The number of aromatic carboxylic acids is 1. The number of halogens is 1. The van der Waals surface area contributed by atoms with E-state index in [0.29, 0.717) is 16.8 Å². The number of carboxylic acid groups (broad SMARTS) is 1. The van der Waals surface area contributed by atoms with E-state index in [9.17, 15) is 4.79 Å². The molecule has 1 N–H and O–H groups in total. The Balaban J connectivity index is 1.95. The van der Waals surface area contributed by atoms with Gasteiger partial charge in [0.15, 0.2) is 0 Å². The summed E-state index contributed by atoms with van der Waals surface area (Å²) in [5.74, 6) is -0.313. The minimum Gasteiger partial charge on any atom is -0.490 e. The summed E-state index contributed by atoms with van der Waals surface area (Å²) in [5, 5.41) is 8.88. The van der Waals surface area contributed by atoms with Crippen LogP contribution in [-0.4, -0.2) is 29.4 Å². The standard InChI is InChI=1S/C14H17BrO4/c1-14(2)6-5-10(19-14)8-18-12-4-3-9(13(16)17)7-11(12)15/h3-4,7,10H,5-6,8H2,1-2H3,(H,16,17). The van der Waals surface area contributed by atoms with E-state index >= 15 is 0 Å². The van der Waals surface area contributed by atoms with E-state index in [1.165, 1.54) is 12.1 Å². The van der Waals surface area contributed by atoms with Gasteiger partial charge in [0.05, 0.1) is 21.7 Å². The molecule has 0 saturated carbocycles. The molecule has 1 aliphatic rings. The maximum absolute atomic E-state index is 10.8. The monoisotopic (exact) mass is 328 g/mol. The van der Waals surface area contributed by atoms with E-state index in [0.717, 1.165) is 12.8 Å². The minimum atomic E-state index is -0.951. The second-order valence-electron chi connectivity index (χ2n) is 5.30. The van der Waals surface area contributed by atoms with Gasteiger partial charge in [0.2, 0.25) is 0 Å². The van der Waals surface area contributed by atoms with Crippen LogP contribution in [-0.2, 0) is 4.74 Å². The van der Waals surface area contributed by atoms with E-state index in [1.807, 2.05) is 0 Å². The molecule has 1 aromatic rings. The first kappa shape index (κ1) is 14.3. The molecule has 19 heavy (non-hydrogen) atoms. The maximum Gasteiger partial charge on any atom is 0.335 e. The van der Waals surface area contributed by atoms with Crippen molar-refractivity contribution in [1.29, 1.82) is 0 Å². The van der Waals surface area contributed by atoms with Gasteiger partial charge >= 0.3 is 5.97 Å². The lowest BCUT2D eigenvalue weighted by Gasteiger charge is -2.19. The van der Waals surface area contributed by atoms with Crippen LogP contribution < -0.4 is 4.74 Å². The first-order valence-electron chi connectivity index (χ1n) is 6.21. The van der Waals surface area contributed by atoms with Crippen molar-refractivity contribution in [2.75, 3.05) is 6.61 Å². The molecule has 1 atom stereocenters. The largest absolute Gasteiger partial charge is 0.490 e. The lowest BCUT2D eigenvalue weighted by atomic mass is 10.1. The van der Waals surface area contributed by atoms with Gasteiger partial charge in [-0.15, -0.1) is 0 Å². The van der Waals surface area contributed by atoms with Crippen LogP contribution in [0.5, 0.6) is 5.75 Å². The smallest absolute Gasteiger partial charge is 0.335 e. The Morgan fingerprint density at radius 3 is 2.84 bits per heavy atom. The molecule has 0 bridgehead atoms. The number of carbonyl (C=O) groups is 1. The lowest BCUT2D eigenvalue weighted by Crippen LogP contribution is -2.23. The van der Waals surface area contributed by atoms with Crippen LogP contribution in [0.3, 0.4) is 0 Å². The molecule has 5 heteroatoms. The Morgan fingerprint density at radius 1 is 1.58 bits per heavy atom. The maximum atomic E-state index is 10.8. The Bertz CT molecular complexity index is 484. The summed E-state index contributed by atoms with van der Waals surface area (Å²) in [7, 11) is 0. The van der Waals surface area contributed by atoms with Gasteiger partial charge in [-0.2, -0.15) is 0 Å². The number of rotatable bonds is 4. The van der Waals surface area contributed by atoms with Gasteiger partial charge in [-0.3, -0.25) is 0 Å². The average molecular weight is 329 g/mol. The summed E-state index contributed by atoms with van der Waals surface area (Å²) in [6.07, 6.45) is 2.11. The van der Waals surface area contributed by atoms with Gasteiger partial charge in [-0.25, -0.2) is 4.79 Å². The molecule has 0 radical (unpaired) electrons. The van der Waals surface area contributed by atoms with E-state index in [1.54, 1.807) is 6.07 Å². The first-order valence-corrected chi connectivity index (χ1v) is 7.00. The summed E-state index contributed by atoms with van der Waals surface area (Å²) < 4.78 is 12.2. The van der Waals surface area contributed by atoms with Crippen molar-refractivity contribution < 1.29 is 19.4 Å². The fourth-order valence-corrected chi connectivity index (χ4v) is 2.62. The first-order chi connectivity index (χ1) is 8.87. The van der Waals surface area contributed by atoms with E-state index in [-0.39, 0.29) is 17.3 Å². The van der Waals surface area contributed by atoms with Gasteiger partial charge in [0, 0.05) is 0 Å². The van der Waals surface area contributed by atoms with Crippen LogP contribution in [0.15, 0.2) is 22.7 Å². The van der Waals surface area contributed by atoms with E-state index in [4.69, 9.17) is 14.6 Å². The summed E-state index contributed by atoms with van der Waals surface area (Å²) >= 11 is 3.32. The predicted molar refractivity (Wildman–Crippen MR) is 74.8 cm³/mol. The molecule has 0 aromatic heterocycles. The highest BCUT2D eigenvalue weighted by Gasteiger charge is 2.31. The van der Waals surface area contributed by atoms with Crippen molar-refractivity contribution in [3.63, 3.8) is 0 Å². The van der Waals surface area contributed by atoms with Crippen LogP contribution in [0.2, 0.25) is 0 Å². The molecule has 1 fully saturated rings. The fourth-order valence-electron chi connectivity index (χ4n) is 2.13. The van der Waals surface area contributed by atoms with Crippen molar-refractivity contribution >= 4 is 21.9 Å². The zero-order valence-electron chi connectivity index (χ0n) is 11.0. The van der Waals surface area contributed by atoms with Gasteiger partial charge in [0.1, 0.15) is 12.4 Å². The molecule has 1 aromatic carbocycles. The van der Waals surface area contributed by atoms with E-state index in [2.05, 4.69) is 29.8 Å². The van der Waals surface area contributed by atoms with Gasteiger partial charge < -0.3 is 14.6 Å². The molecule has 1 heterocycles. The zero-order valence-corrected chi connectivity index (χ0v) is 12.6. The molecule has 1 aliphatic heterocycles. The van der Waals surface area contributed by atoms with Crippen molar-refractivity contribution in [2.45, 2.75) is 38.4 Å². The summed E-state index contributed by atoms with van der Waals surface area (Å²) in [6.45, 7) is 4.63. The highest BCUT2D eigenvalue weighted by molar-refractivity contribution is 9.10. The third kappa shape index (κ3) is 3.70. The molecule has 0 spiro atoms. The third-order valence-corrected chi connectivity index (χ3v) is 3.78. The number of hydrogen-bond donors (Lipinski definition) is 1. The van der Waals surface area contributed by atoms with Crippen LogP contribution in [0.25, 0.3) is 0 Å². The molecular formula is C14H17BrO4. The SMILES string of the molecule is CC1(C)CCC(COc2ccc(C(=O)O)cc2Br)O1. The lowest BCUT2D eigenvalue weighted by molar-refractivity contribution is -0.0327. The molecule has 1 saturated heterocycles. The second-order valence-corrected chi connectivity index (χ2v) is 6.15. The summed E-state index contributed by atoms with van der Waals surface area (Å²) in [6, 6.07) is 4.73. The summed E-state index contributed by atoms with van der Waals surface area (Å²) in [4.78, 5) is 10.8. The molecule has 0 amide bonds. The third-order valence-electron chi connectivity index (χ3n) is 3.16. The zero-order chi connectivity index (χ0) is 14.0. The van der Waals surface area contributed by atoms with Gasteiger partial charge in [-0.05, 0) is 60.8 Å². The molecule has 4 nitrogen and oxygen atoms in total. The van der Waals surface area contributed by atoms with Crippen molar-refractivity contribution in [2.24, 2.45) is 0 Å². The summed E-state index contributed by atoms with van der Waals surface area (Å²) in [5.41, 5.74) is 0.163. The van der Waals surface area contributed by atoms with Gasteiger partial charge in [-0.1, -0.05) is 0 Å². The normalized spacial score (nSPS) is 21.3. The number of benzene rings is 1. The Kier molecular flexibility index (Phi) is 4.16. The Hall–Kier alpha value is -1.07. The predicted octanol–water partition coefficient (Wildman–Crippen LogP) is 3.48. The second kappa shape index (κ2) is 5.51. The Morgan fingerprint density at radius 2 is 2.32 bits per heavy atom. The quantitative estimate of drug-likeness (QED) is 0.919. The van der Waals surface area contributed by atoms with Crippen LogP contribution in [0.4, 0.5) is 0 Å². The van der Waals surface area contributed by atoms with Crippen LogP contribution in [0, 0.1) is 0 Å². The van der Waals surface area contributed by atoms with Crippen LogP contribution >= 0.6 is 15.9 Å². The van der Waals surface area contributed by atoms with Crippen molar-refractivity contribution in [1.82, 2.24) is 0 Å². The topological polar surface area (TPSA) is 55.8 Å². The number of ether oxygens (including phenoxy) is 2. The highest BCUT2D eigenvalue weighted by atomic mass is 79.9. The van der Waals surface area contributed by atoms with Gasteiger partial charge in [0.25, 0.3) is 0 Å². The minimum absolute atomic E-state index is 0.0710. The number of hydrogen-bond acceptors (Lipinski definition) is 3. The molecule has 104 valence electrons. The molecule has 2 rings (SSSR count). The highest BCUT2D eigenvalue weighted by Crippen LogP contribution is 2.31. The van der Waals surface area contributed by atoms with Crippen molar-refractivity contribution in [3.8, 4) is 5.75 Å².